The summed E-state index contributed by atoms with van der Waals surface area (Å²) in [6, 6.07) is 9.55. The lowest BCUT2D eigenvalue weighted by atomic mass is 10.2. The molecule has 1 aliphatic rings. The second kappa shape index (κ2) is 4.35. The minimum atomic E-state index is -0.875. The lowest BCUT2D eigenvalue weighted by Crippen LogP contribution is -2.25. The van der Waals surface area contributed by atoms with E-state index in [1.54, 1.807) is 0 Å². The van der Waals surface area contributed by atoms with Crippen LogP contribution in [0.3, 0.4) is 0 Å². The minimum Gasteiger partial charge on any atom is -0.481 e. The molecule has 0 aromatic heterocycles. The van der Waals surface area contributed by atoms with Gasteiger partial charge in [-0.1, -0.05) is 30.3 Å². The second-order valence-corrected chi connectivity index (χ2v) is 3.99. The summed E-state index contributed by atoms with van der Waals surface area (Å²) in [5.41, 5.74) is 1.02. The molecule has 0 spiro atoms. The molecule has 2 atom stereocenters. The maximum atomic E-state index is 11.5. The van der Waals surface area contributed by atoms with E-state index in [1.165, 1.54) is 0 Å². The van der Waals surface area contributed by atoms with Crippen molar-refractivity contribution in [3.63, 3.8) is 0 Å². The van der Waals surface area contributed by atoms with E-state index < -0.39 is 11.9 Å². The van der Waals surface area contributed by atoms with Crippen molar-refractivity contribution in [2.45, 2.75) is 13.0 Å². The number of rotatable bonds is 4. The fraction of sp³-hybridized carbons (Fsp3) is 0.333. The first kappa shape index (κ1) is 10.7. The highest BCUT2D eigenvalue weighted by Gasteiger charge is 2.48. The molecule has 1 aromatic rings. The van der Waals surface area contributed by atoms with Gasteiger partial charge in [0.25, 0.3) is 0 Å². The number of nitrogens with one attached hydrogen (secondary N) is 1. The molecule has 2 unspecified atom stereocenters. The van der Waals surface area contributed by atoms with Crippen molar-refractivity contribution in [3.8, 4) is 0 Å². The van der Waals surface area contributed by atoms with Crippen molar-refractivity contribution in [1.29, 1.82) is 0 Å². The van der Waals surface area contributed by atoms with E-state index in [9.17, 15) is 9.59 Å². The number of carboxylic acid groups (broad SMARTS) is 1. The van der Waals surface area contributed by atoms with Gasteiger partial charge in [0.1, 0.15) is 0 Å². The monoisotopic (exact) mass is 219 g/mol. The molecular formula is C12H13NO3. The molecule has 0 radical (unpaired) electrons. The average molecular weight is 219 g/mol. The second-order valence-electron chi connectivity index (χ2n) is 3.99. The van der Waals surface area contributed by atoms with Crippen LogP contribution in [-0.4, -0.2) is 17.0 Å². The molecule has 2 rings (SSSR count). The van der Waals surface area contributed by atoms with Crippen molar-refractivity contribution in [3.05, 3.63) is 35.9 Å². The lowest BCUT2D eigenvalue weighted by Gasteiger charge is -2.03. The Kier molecular flexibility index (Phi) is 2.90. The zero-order valence-electron chi connectivity index (χ0n) is 8.72. The van der Waals surface area contributed by atoms with E-state index in [2.05, 4.69) is 5.32 Å². The molecule has 1 amide bonds. The number of carbonyl (C=O) groups excluding carboxylic acids is 1. The molecule has 4 nitrogen and oxygen atoms in total. The molecular weight excluding hydrogens is 206 g/mol. The smallest absolute Gasteiger partial charge is 0.307 e. The van der Waals surface area contributed by atoms with Gasteiger partial charge in [0.2, 0.25) is 5.91 Å². The maximum Gasteiger partial charge on any atom is 0.307 e. The van der Waals surface area contributed by atoms with Crippen LogP contribution in [0, 0.1) is 11.8 Å². The van der Waals surface area contributed by atoms with Gasteiger partial charge in [-0.25, -0.2) is 0 Å². The van der Waals surface area contributed by atoms with Crippen LogP contribution in [0.2, 0.25) is 0 Å². The summed E-state index contributed by atoms with van der Waals surface area (Å²) in [4.78, 5) is 22.1. The van der Waals surface area contributed by atoms with E-state index in [1.807, 2.05) is 30.3 Å². The Balaban J connectivity index is 1.80. The summed E-state index contributed by atoms with van der Waals surface area (Å²) >= 11 is 0. The molecule has 0 bridgehead atoms. The Morgan fingerprint density at radius 3 is 2.50 bits per heavy atom. The van der Waals surface area contributed by atoms with Crippen molar-refractivity contribution in [2.75, 3.05) is 0 Å². The third-order valence-corrected chi connectivity index (χ3v) is 2.75. The molecule has 1 saturated carbocycles. The average Bonchev–Trinajstić information content (AvgIpc) is 3.07. The Bertz CT molecular complexity index is 402. The van der Waals surface area contributed by atoms with E-state index in [-0.39, 0.29) is 11.8 Å². The normalized spacial score (nSPS) is 22.5. The molecule has 1 aromatic carbocycles. The van der Waals surface area contributed by atoms with Crippen LogP contribution < -0.4 is 5.32 Å². The van der Waals surface area contributed by atoms with Crippen molar-refractivity contribution >= 4 is 11.9 Å². The standard InChI is InChI=1S/C12H13NO3/c14-11(9-6-10(9)12(15)16)13-7-8-4-2-1-3-5-8/h1-5,9-10H,6-7H2,(H,13,14)(H,15,16). The maximum absolute atomic E-state index is 11.5. The van der Waals surface area contributed by atoms with Gasteiger partial charge in [-0.3, -0.25) is 9.59 Å². The Morgan fingerprint density at radius 1 is 1.25 bits per heavy atom. The highest BCUT2D eigenvalue weighted by molar-refractivity contribution is 5.89. The molecule has 16 heavy (non-hydrogen) atoms. The quantitative estimate of drug-likeness (QED) is 0.794. The van der Waals surface area contributed by atoms with E-state index in [0.29, 0.717) is 13.0 Å². The highest BCUT2D eigenvalue weighted by atomic mass is 16.4. The number of hydrogen-bond acceptors (Lipinski definition) is 2. The number of hydrogen-bond donors (Lipinski definition) is 2. The van der Waals surface area contributed by atoms with Crippen molar-refractivity contribution in [2.24, 2.45) is 11.8 Å². The van der Waals surface area contributed by atoms with Crippen molar-refractivity contribution < 1.29 is 14.7 Å². The lowest BCUT2D eigenvalue weighted by molar-refractivity contribution is -0.140. The van der Waals surface area contributed by atoms with E-state index >= 15 is 0 Å². The van der Waals surface area contributed by atoms with Gasteiger partial charge in [-0.05, 0) is 12.0 Å². The first-order valence-corrected chi connectivity index (χ1v) is 5.23. The van der Waals surface area contributed by atoms with Gasteiger partial charge in [0.15, 0.2) is 0 Å². The third kappa shape index (κ3) is 2.39. The number of amides is 1. The van der Waals surface area contributed by atoms with Crippen LogP contribution in [0.5, 0.6) is 0 Å². The third-order valence-electron chi connectivity index (χ3n) is 2.75. The predicted molar refractivity (Wildman–Crippen MR) is 57.5 cm³/mol. The fourth-order valence-corrected chi connectivity index (χ4v) is 1.67. The van der Waals surface area contributed by atoms with Crippen LogP contribution in [-0.2, 0) is 16.1 Å². The Morgan fingerprint density at radius 2 is 1.94 bits per heavy atom. The van der Waals surface area contributed by atoms with Gasteiger partial charge in [-0.15, -0.1) is 0 Å². The highest BCUT2D eigenvalue weighted by Crippen LogP contribution is 2.38. The van der Waals surface area contributed by atoms with E-state index in [4.69, 9.17) is 5.11 Å². The van der Waals surface area contributed by atoms with Gasteiger partial charge in [0.05, 0.1) is 11.8 Å². The number of carbonyl (C=O) groups is 2. The predicted octanol–water partition coefficient (Wildman–Crippen LogP) is 1.02. The number of carboxylic acids is 1. The Labute approximate surface area is 93.3 Å². The summed E-state index contributed by atoms with van der Waals surface area (Å²) in [5, 5.41) is 11.4. The summed E-state index contributed by atoms with van der Waals surface area (Å²) in [5.74, 6) is -1.84. The Hall–Kier alpha value is -1.84. The summed E-state index contributed by atoms with van der Waals surface area (Å²) in [7, 11) is 0. The fourth-order valence-electron chi connectivity index (χ4n) is 1.67. The largest absolute Gasteiger partial charge is 0.481 e. The SMILES string of the molecule is O=C(O)C1CC1C(=O)NCc1ccccc1. The topological polar surface area (TPSA) is 66.4 Å². The van der Waals surface area contributed by atoms with Crippen molar-refractivity contribution in [1.82, 2.24) is 5.32 Å². The zero-order valence-corrected chi connectivity index (χ0v) is 8.72. The molecule has 2 N–H and O–H groups in total. The molecule has 0 saturated heterocycles. The molecule has 0 aliphatic heterocycles. The molecule has 1 aliphatic carbocycles. The summed E-state index contributed by atoms with van der Waals surface area (Å²) < 4.78 is 0. The van der Waals surface area contributed by atoms with Gasteiger partial charge in [0, 0.05) is 6.54 Å². The van der Waals surface area contributed by atoms with Crippen LogP contribution in [0.15, 0.2) is 30.3 Å². The first-order valence-electron chi connectivity index (χ1n) is 5.23. The number of aliphatic carboxylic acids is 1. The summed E-state index contributed by atoms with van der Waals surface area (Å²) in [6.07, 6.45) is 0.468. The molecule has 4 heteroatoms. The van der Waals surface area contributed by atoms with Gasteiger partial charge < -0.3 is 10.4 Å². The molecule has 0 heterocycles. The summed E-state index contributed by atoms with van der Waals surface area (Å²) in [6.45, 7) is 0.461. The van der Waals surface area contributed by atoms with Gasteiger partial charge in [-0.2, -0.15) is 0 Å². The van der Waals surface area contributed by atoms with E-state index in [0.717, 1.165) is 5.56 Å². The minimum absolute atomic E-state index is 0.156. The molecule has 84 valence electrons. The van der Waals surface area contributed by atoms with Crippen LogP contribution in [0.1, 0.15) is 12.0 Å². The number of benzene rings is 1. The molecule has 1 fully saturated rings. The van der Waals surface area contributed by atoms with Crippen LogP contribution in [0.25, 0.3) is 0 Å². The zero-order chi connectivity index (χ0) is 11.5. The van der Waals surface area contributed by atoms with Crippen LogP contribution >= 0.6 is 0 Å². The first-order chi connectivity index (χ1) is 7.68. The van der Waals surface area contributed by atoms with Crippen LogP contribution in [0.4, 0.5) is 0 Å². The van der Waals surface area contributed by atoms with Gasteiger partial charge >= 0.3 is 5.97 Å².